The highest BCUT2D eigenvalue weighted by Crippen LogP contribution is 2.34. The van der Waals surface area contributed by atoms with Gasteiger partial charge in [-0.15, -0.1) is 0 Å². The summed E-state index contributed by atoms with van der Waals surface area (Å²) in [6.07, 6.45) is -3.62. The molecule has 0 bridgehead atoms. The highest BCUT2D eigenvalue weighted by atomic mass is 16.6. The van der Waals surface area contributed by atoms with Crippen molar-refractivity contribution in [2.45, 2.75) is 18.6 Å². The number of hydrogen-bond donors (Lipinski definition) is 3. The summed E-state index contributed by atoms with van der Waals surface area (Å²) >= 11 is 0. The van der Waals surface area contributed by atoms with Crippen molar-refractivity contribution in [3.63, 3.8) is 0 Å². The highest BCUT2D eigenvalue weighted by Gasteiger charge is 2.30. The van der Waals surface area contributed by atoms with Crippen molar-refractivity contribution in [1.82, 2.24) is 0 Å². The Hall–Kier alpha value is -2.77. The predicted octanol–water partition coefficient (Wildman–Crippen LogP) is 1.02. The summed E-state index contributed by atoms with van der Waals surface area (Å²) in [6, 6.07) is 7.42. The van der Waals surface area contributed by atoms with E-state index in [-0.39, 0.29) is 16.7 Å². The Bertz CT molecular complexity index is 819. The van der Waals surface area contributed by atoms with E-state index in [1.54, 1.807) is 12.1 Å². The van der Waals surface area contributed by atoms with Crippen molar-refractivity contribution in [2.75, 3.05) is 0 Å². The molecule has 2 unspecified atom stereocenters. The zero-order valence-corrected chi connectivity index (χ0v) is 11.7. The summed E-state index contributed by atoms with van der Waals surface area (Å²) < 4.78 is 4.64. The molecule has 1 aliphatic heterocycles. The van der Waals surface area contributed by atoms with Gasteiger partial charge >= 0.3 is 17.9 Å². The first kappa shape index (κ1) is 15.1. The van der Waals surface area contributed by atoms with E-state index in [0.29, 0.717) is 10.8 Å². The quantitative estimate of drug-likeness (QED) is 0.568. The topological polar surface area (TPSA) is 121 Å². The lowest BCUT2D eigenvalue weighted by Gasteiger charge is -2.21. The van der Waals surface area contributed by atoms with E-state index in [9.17, 15) is 24.6 Å². The largest absolute Gasteiger partial charge is 0.481 e. The lowest BCUT2D eigenvalue weighted by atomic mass is 9.90. The first-order valence-corrected chi connectivity index (χ1v) is 6.80. The summed E-state index contributed by atoms with van der Waals surface area (Å²) in [6.45, 7) is 0. The number of carbonyl (C=O) groups is 3. The van der Waals surface area contributed by atoms with Gasteiger partial charge in [0.05, 0.1) is 23.7 Å². The number of aliphatic hydroxyl groups is 2. The van der Waals surface area contributed by atoms with Crippen LogP contribution in [0.4, 0.5) is 0 Å². The summed E-state index contributed by atoms with van der Waals surface area (Å²) in [5.41, 5.74) is 0.597. The Morgan fingerprint density at radius 1 is 1.04 bits per heavy atom. The molecule has 118 valence electrons. The maximum atomic E-state index is 11.8. The lowest BCUT2D eigenvalue weighted by molar-refractivity contribution is -0.141. The molecule has 23 heavy (non-hydrogen) atoms. The minimum atomic E-state index is -1.52. The maximum absolute atomic E-state index is 11.8. The standard InChI is InChI=1S/C16H12O7/c17-11(6-12(18)19)14(20)8-4-5-10-13-7(8)2-1-3-9(13)15(21)23-16(10)22/h1-5,11,14,17,20H,6H2,(H,18,19). The van der Waals surface area contributed by atoms with Crippen LogP contribution in [0.3, 0.4) is 0 Å². The molecule has 1 heterocycles. The van der Waals surface area contributed by atoms with Gasteiger partial charge in [0.15, 0.2) is 0 Å². The fourth-order valence-corrected chi connectivity index (χ4v) is 2.72. The van der Waals surface area contributed by atoms with Gasteiger partial charge in [0.25, 0.3) is 0 Å². The van der Waals surface area contributed by atoms with E-state index < -0.39 is 36.5 Å². The number of cyclic esters (lactones) is 2. The first-order chi connectivity index (χ1) is 10.9. The zero-order valence-electron chi connectivity index (χ0n) is 11.7. The molecule has 7 heteroatoms. The molecule has 0 fully saturated rings. The van der Waals surface area contributed by atoms with Gasteiger partial charge in [-0.05, 0) is 23.1 Å². The van der Waals surface area contributed by atoms with Crippen LogP contribution in [0.5, 0.6) is 0 Å². The maximum Gasteiger partial charge on any atom is 0.346 e. The number of hydrogen-bond acceptors (Lipinski definition) is 6. The third-order valence-electron chi connectivity index (χ3n) is 3.77. The van der Waals surface area contributed by atoms with Gasteiger partial charge in [0.2, 0.25) is 0 Å². The van der Waals surface area contributed by atoms with Crippen LogP contribution >= 0.6 is 0 Å². The second-order valence-corrected chi connectivity index (χ2v) is 5.22. The Balaban J connectivity index is 2.19. The predicted molar refractivity (Wildman–Crippen MR) is 76.9 cm³/mol. The van der Waals surface area contributed by atoms with Crippen molar-refractivity contribution in [1.29, 1.82) is 0 Å². The minimum absolute atomic E-state index is 0.180. The lowest BCUT2D eigenvalue weighted by Crippen LogP contribution is -2.23. The van der Waals surface area contributed by atoms with Crippen LogP contribution in [-0.4, -0.2) is 39.3 Å². The normalized spacial score (nSPS) is 16.1. The van der Waals surface area contributed by atoms with Crippen LogP contribution in [0, 0.1) is 0 Å². The molecule has 2 aromatic carbocycles. The molecule has 0 aromatic heterocycles. The SMILES string of the molecule is O=C(O)CC(O)C(O)c1ccc2c3c(cccc13)C(=O)OC2=O. The van der Waals surface area contributed by atoms with E-state index in [4.69, 9.17) is 5.11 Å². The average Bonchev–Trinajstić information content (AvgIpc) is 2.50. The number of aliphatic hydroxyl groups excluding tert-OH is 2. The number of aliphatic carboxylic acids is 1. The van der Waals surface area contributed by atoms with Gasteiger partial charge in [-0.3, -0.25) is 4.79 Å². The molecule has 3 N–H and O–H groups in total. The van der Waals surface area contributed by atoms with Crippen LogP contribution in [-0.2, 0) is 9.53 Å². The Morgan fingerprint density at radius 3 is 2.35 bits per heavy atom. The summed E-state index contributed by atoms with van der Waals surface area (Å²) in [7, 11) is 0. The number of ether oxygens (including phenoxy) is 1. The average molecular weight is 316 g/mol. The molecule has 0 spiro atoms. The molecule has 0 amide bonds. The smallest absolute Gasteiger partial charge is 0.346 e. The summed E-state index contributed by atoms with van der Waals surface area (Å²) in [5.74, 6) is -2.82. The Kier molecular flexibility index (Phi) is 3.59. The number of esters is 2. The molecule has 0 aliphatic carbocycles. The van der Waals surface area contributed by atoms with Gasteiger partial charge in [0, 0.05) is 5.39 Å². The number of rotatable bonds is 4. The van der Waals surface area contributed by atoms with E-state index in [0.717, 1.165) is 0 Å². The molecule has 0 saturated heterocycles. The number of carboxylic acids is 1. The minimum Gasteiger partial charge on any atom is -0.481 e. The van der Waals surface area contributed by atoms with Gasteiger partial charge in [0.1, 0.15) is 6.10 Å². The van der Waals surface area contributed by atoms with Crippen molar-refractivity contribution < 1.29 is 34.4 Å². The van der Waals surface area contributed by atoms with Crippen LogP contribution in [0.25, 0.3) is 10.8 Å². The number of benzene rings is 2. The van der Waals surface area contributed by atoms with Gasteiger partial charge in [-0.2, -0.15) is 0 Å². The van der Waals surface area contributed by atoms with E-state index in [1.165, 1.54) is 18.2 Å². The molecule has 2 atom stereocenters. The van der Waals surface area contributed by atoms with Gasteiger partial charge in [-0.1, -0.05) is 18.2 Å². The monoisotopic (exact) mass is 316 g/mol. The Morgan fingerprint density at radius 2 is 1.70 bits per heavy atom. The van der Waals surface area contributed by atoms with Crippen molar-refractivity contribution in [2.24, 2.45) is 0 Å². The van der Waals surface area contributed by atoms with E-state index >= 15 is 0 Å². The second kappa shape index (κ2) is 5.45. The molecule has 1 aliphatic rings. The molecule has 0 saturated carbocycles. The number of carbonyl (C=O) groups excluding carboxylic acids is 2. The molecule has 2 aromatic rings. The van der Waals surface area contributed by atoms with E-state index in [2.05, 4.69) is 4.74 Å². The van der Waals surface area contributed by atoms with Crippen LogP contribution in [0.15, 0.2) is 30.3 Å². The zero-order chi connectivity index (χ0) is 16.7. The molecular formula is C16H12O7. The first-order valence-electron chi connectivity index (χ1n) is 6.80. The molecule has 7 nitrogen and oxygen atoms in total. The van der Waals surface area contributed by atoms with Crippen LogP contribution < -0.4 is 0 Å². The van der Waals surface area contributed by atoms with Crippen LogP contribution in [0.2, 0.25) is 0 Å². The van der Waals surface area contributed by atoms with Crippen molar-refractivity contribution in [3.8, 4) is 0 Å². The Labute approximate surface area is 129 Å². The fourth-order valence-electron chi connectivity index (χ4n) is 2.72. The molecular weight excluding hydrogens is 304 g/mol. The second-order valence-electron chi connectivity index (χ2n) is 5.22. The van der Waals surface area contributed by atoms with Crippen molar-refractivity contribution in [3.05, 3.63) is 47.0 Å². The summed E-state index contributed by atoms with van der Waals surface area (Å²) in [4.78, 5) is 34.3. The van der Waals surface area contributed by atoms with Gasteiger partial charge in [-0.25, -0.2) is 9.59 Å². The third-order valence-corrected chi connectivity index (χ3v) is 3.77. The molecule has 0 radical (unpaired) electrons. The van der Waals surface area contributed by atoms with Gasteiger partial charge < -0.3 is 20.1 Å². The number of carboxylic acid groups (broad SMARTS) is 1. The van der Waals surface area contributed by atoms with Crippen molar-refractivity contribution >= 4 is 28.7 Å². The summed E-state index contributed by atoms with van der Waals surface area (Å²) in [5, 5.41) is 29.5. The highest BCUT2D eigenvalue weighted by molar-refractivity contribution is 6.21. The fraction of sp³-hybridized carbons (Fsp3) is 0.188. The molecule has 3 rings (SSSR count). The van der Waals surface area contributed by atoms with E-state index in [1.807, 2.05) is 0 Å². The third kappa shape index (κ3) is 2.45. The van der Waals surface area contributed by atoms with Crippen LogP contribution in [0.1, 0.15) is 38.8 Å².